The van der Waals surface area contributed by atoms with Crippen molar-refractivity contribution in [1.82, 2.24) is 4.72 Å². The van der Waals surface area contributed by atoms with Crippen LogP contribution in [0.25, 0.3) is 0 Å². The number of amides is 1. The van der Waals surface area contributed by atoms with Crippen LogP contribution in [0.1, 0.15) is 25.7 Å². The number of hydrogen-bond acceptors (Lipinski definition) is 5. The molecular formula is C25H24Cl2N2O5S. The van der Waals surface area contributed by atoms with Crippen molar-refractivity contribution < 1.29 is 22.7 Å². The van der Waals surface area contributed by atoms with Crippen LogP contribution >= 0.6 is 23.2 Å². The minimum Gasteiger partial charge on any atom is -0.482 e. The van der Waals surface area contributed by atoms with Gasteiger partial charge in [0.15, 0.2) is 12.4 Å². The van der Waals surface area contributed by atoms with Crippen molar-refractivity contribution in [3.8, 4) is 17.2 Å². The molecule has 3 aromatic carbocycles. The Labute approximate surface area is 214 Å². The number of carbonyl (C=O) groups is 1. The molecular weight excluding hydrogens is 511 g/mol. The van der Waals surface area contributed by atoms with Gasteiger partial charge < -0.3 is 14.8 Å². The molecule has 0 radical (unpaired) electrons. The summed E-state index contributed by atoms with van der Waals surface area (Å²) in [5, 5.41) is 3.22. The van der Waals surface area contributed by atoms with Crippen LogP contribution in [0.2, 0.25) is 10.0 Å². The molecule has 0 heterocycles. The second kappa shape index (κ2) is 11.3. The normalized spacial score (nSPS) is 14.0. The van der Waals surface area contributed by atoms with E-state index in [0.717, 1.165) is 25.7 Å². The minimum atomic E-state index is -3.69. The number of ether oxygens (including phenoxy) is 2. The van der Waals surface area contributed by atoms with Gasteiger partial charge in [-0.15, -0.1) is 0 Å². The molecule has 4 rings (SSSR count). The maximum atomic E-state index is 12.6. The first-order valence-corrected chi connectivity index (χ1v) is 13.3. The van der Waals surface area contributed by atoms with E-state index in [1.807, 2.05) is 18.2 Å². The minimum absolute atomic E-state index is 0.0489. The van der Waals surface area contributed by atoms with E-state index >= 15 is 0 Å². The lowest BCUT2D eigenvalue weighted by Crippen LogP contribution is -2.32. The molecule has 35 heavy (non-hydrogen) atoms. The number of para-hydroxylation sites is 1. The predicted octanol–water partition coefficient (Wildman–Crippen LogP) is 6.02. The molecule has 1 amide bonds. The Balaban J connectivity index is 1.39. The van der Waals surface area contributed by atoms with E-state index in [1.165, 1.54) is 18.2 Å². The van der Waals surface area contributed by atoms with E-state index in [4.69, 9.17) is 32.7 Å². The number of benzene rings is 3. The Bertz CT molecular complexity index is 1300. The average molecular weight is 535 g/mol. The van der Waals surface area contributed by atoms with Crippen molar-refractivity contribution in [2.24, 2.45) is 0 Å². The smallest absolute Gasteiger partial charge is 0.262 e. The van der Waals surface area contributed by atoms with E-state index in [9.17, 15) is 13.2 Å². The zero-order valence-corrected chi connectivity index (χ0v) is 21.0. The third-order valence-corrected chi connectivity index (χ3v) is 7.48. The van der Waals surface area contributed by atoms with E-state index < -0.39 is 15.9 Å². The lowest BCUT2D eigenvalue weighted by atomic mass is 10.2. The quantitative estimate of drug-likeness (QED) is 0.349. The number of hydrogen-bond donors (Lipinski definition) is 2. The molecule has 7 nitrogen and oxygen atoms in total. The third kappa shape index (κ3) is 6.89. The van der Waals surface area contributed by atoms with Crippen LogP contribution in [0.4, 0.5) is 5.69 Å². The van der Waals surface area contributed by atoms with E-state index in [1.54, 1.807) is 30.3 Å². The molecule has 3 aromatic rings. The van der Waals surface area contributed by atoms with E-state index in [0.29, 0.717) is 22.2 Å². The molecule has 2 N–H and O–H groups in total. The second-order valence-electron chi connectivity index (χ2n) is 8.09. The highest BCUT2D eigenvalue weighted by Gasteiger charge is 2.23. The van der Waals surface area contributed by atoms with Gasteiger partial charge in [0.25, 0.3) is 5.91 Å². The Kier molecular flexibility index (Phi) is 8.18. The third-order valence-electron chi connectivity index (χ3n) is 5.44. The number of nitrogens with one attached hydrogen (secondary N) is 2. The maximum absolute atomic E-state index is 12.6. The van der Waals surface area contributed by atoms with Crippen LogP contribution < -0.4 is 19.5 Å². The molecule has 1 aliphatic carbocycles. The summed E-state index contributed by atoms with van der Waals surface area (Å²) < 4.78 is 39.3. The fourth-order valence-electron chi connectivity index (χ4n) is 3.73. The standard InChI is InChI=1S/C25H24Cl2N2O5S/c26-17-10-12-24(34-19-8-2-1-3-9-19)22(14-17)28-25(30)16-33-23-13-11-20(15-21(23)27)35(31,32)29-18-6-4-5-7-18/h1-3,8-15,18,29H,4-7,16H2,(H,28,30). The molecule has 1 aliphatic rings. The topological polar surface area (TPSA) is 93.7 Å². The van der Waals surface area contributed by atoms with Gasteiger partial charge in [0.1, 0.15) is 11.5 Å². The molecule has 1 fully saturated rings. The summed E-state index contributed by atoms with van der Waals surface area (Å²) in [6.45, 7) is -0.358. The number of halogens is 2. The van der Waals surface area contributed by atoms with Gasteiger partial charge in [0.05, 0.1) is 15.6 Å². The number of sulfonamides is 1. The van der Waals surface area contributed by atoms with Crippen molar-refractivity contribution in [2.75, 3.05) is 11.9 Å². The largest absolute Gasteiger partial charge is 0.482 e. The van der Waals surface area contributed by atoms with Crippen molar-refractivity contribution >= 4 is 44.8 Å². The van der Waals surface area contributed by atoms with Gasteiger partial charge >= 0.3 is 0 Å². The van der Waals surface area contributed by atoms with Crippen LogP contribution in [0.3, 0.4) is 0 Å². The number of rotatable bonds is 9. The first-order chi connectivity index (χ1) is 16.8. The van der Waals surface area contributed by atoms with E-state index in [-0.39, 0.29) is 28.3 Å². The van der Waals surface area contributed by atoms with Crippen LogP contribution in [-0.2, 0) is 14.8 Å². The summed E-state index contributed by atoms with van der Waals surface area (Å²) in [6, 6.07) is 18.1. The summed E-state index contributed by atoms with van der Waals surface area (Å²) >= 11 is 12.3. The number of anilines is 1. The molecule has 0 aliphatic heterocycles. The molecule has 184 valence electrons. The Morgan fingerprint density at radius 1 is 0.943 bits per heavy atom. The first-order valence-electron chi connectivity index (χ1n) is 11.1. The molecule has 1 saturated carbocycles. The highest BCUT2D eigenvalue weighted by Crippen LogP contribution is 2.32. The van der Waals surface area contributed by atoms with Crippen LogP contribution in [0.15, 0.2) is 71.6 Å². The molecule has 0 aromatic heterocycles. The molecule has 0 atom stereocenters. The van der Waals surface area contributed by atoms with Gasteiger partial charge in [-0.3, -0.25) is 4.79 Å². The molecule has 0 spiro atoms. The lowest BCUT2D eigenvalue weighted by molar-refractivity contribution is -0.118. The van der Waals surface area contributed by atoms with Crippen molar-refractivity contribution in [3.05, 3.63) is 76.8 Å². The summed E-state index contributed by atoms with van der Waals surface area (Å²) in [4.78, 5) is 12.6. The fraction of sp³-hybridized carbons (Fsp3) is 0.240. The van der Waals surface area contributed by atoms with Crippen LogP contribution in [0, 0.1) is 0 Å². The SMILES string of the molecule is O=C(COc1ccc(S(=O)(=O)NC2CCCC2)cc1Cl)Nc1cc(Cl)ccc1Oc1ccccc1. The molecule has 0 bridgehead atoms. The zero-order valence-electron chi connectivity index (χ0n) is 18.7. The van der Waals surface area contributed by atoms with Crippen LogP contribution in [0.5, 0.6) is 17.2 Å². The molecule has 0 saturated heterocycles. The summed E-state index contributed by atoms with van der Waals surface area (Å²) in [5.41, 5.74) is 0.375. The van der Waals surface area contributed by atoms with Crippen molar-refractivity contribution in [1.29, 1.82) is 0 Å². The van der Waals surface area contributed by atoms with Crippen molar-refractivity contribution in [3.63, 3.8) is 0 Å². The van der Waals surface area contributed by atoms with Gasteiger partial charge in [0.2, 0.25) is 10.0 Å². The van der Waals surface area contributed by atoms with Gasteiger partial charge in [-0.05, 0) is 61.4 Å². The summed E-state index contributed by atoms with van der Waals surface area (Å²) in [5.74, 6) is 0.733. The van der Waals surface area contributed by atoms with Crippen molar-refractivity contribution in [2.45, 2.75) is 36.6 Å². The van der Waals surface area contributed by atoms with Gasteiger partial charge in [-0.2, -0.15) is 0 Å². The highest BCUT2D eigenvalue weighted by molar-refractivity contribution is 7.89. The molecule has 10 heteroatoms. The zero-order chi connectivity index (χ0) is 24.8. The fourth-order valence-corrected chi connectivity index (χ4v) is 5.53. The van der Waals surface area contributed by atoms with Gasteiger partial charge in [-0.25, -0.2) is 13.1 Å². The predicted molar refractivity (Wildman–Crippen MR) is 136 cm³/mol. The summed E-state index contributed by atoms with van der Waals surface area (Å²) in [7, 11) is -3.69. The summed E-state index contributed by atoms with van der Waals surface area (Å²) in [6.07, 6.45) is 3.68. The van der Waals surface area contributed by atoms with Crippen LogP contribution in [-0.4, -0.2) is 27.0 Å². The monoisotopic (exact) mass is 534 g/mol. The molecule has 0 unspecified atom stereocenters. The van der Waals surface area contributed by atoms with Gasteiger partial charge in [-0.1, -0.05) is 54.2 Å². The Morgan fingerprint density at radius 2 is 1.66 bits per heavy atom. The highest BCUT2D eigenvalue weighted by atomic mass is 35.5. The number of carbonyl (C=O) groups excluding carboxylic acids is 1. The Morgan fingerprint density at radius 3 is 2.37 bits per heavy atom. The average Bonchev–Trinajstić information content (AvgIpc) is 3.33. The van der Waals surface area contributed by atoms with Gasteiger partial charge in [0, 0.05) is 11.1 Å². The van der Waals surface area contributed by atoms with E-state index in [2.05, 4.69) is 10.0 Å². The lowest BCUT2D eigenvalue weighted by Gasteiger charge is -2.15. The Hall–Kier alpha value is -2.78. The first kappa shape index (κ1) is 25.3. The maximum Gasteiger partial charge on any atom is 0.262 e. The second-order valence-corrected chi connectivity index (χ2v) is 10.6.